The van der Waals surface area contributed by atoms with E-state index >= 15 is 0 Å². The highest BCUT2D eigenvalue weighted by molar-refractivity contribution is 7.92. The molecule has 3 fully saturated rings. The molecule has 4 aliphatic rings. The van der Waals surface area contributed by atoms with Crippen molar-refractivity contribution in [3.8, 4) is 0 Å². The van der Waals surface area contributed by atoms with Crippen molar-refractivity contribution in [2.24, 2.45) is 28.1 Å². The van der Waals surface area contributed by atoms with Crippen LogP contribution in [0.4, 0.5) is 15.8 Å². The summed E-state index contributed by atoms with van der Waals surface area (Å²) >= 11 is 0. The van der Waals surface area contributed by atoms with E-state index in [9.17, 15) is 31.1 Å². The Labute approximate surface area is 220 Å². The number of Topliss-reactive ketones (excluding diaryl/α,β-unsaturated/α-hetero) is 1. The fourth-order valence-electron chi connectivity index (χ4n) is 6.73. The van der Waals surface area contributed by atoms with Gasteiger partial charge in [0.1, 0.15) is 28.7 Å². The number of halogens is 1. The lowest BCUT2D eigenvalue weighted by Crippen LogP contribution is -2.63. The first-order chi connectivity index (χ1) is 17.9. The van der Waals surface area contributed by atoms with Gasteiger partial charge in [-0.1, -0.05) is 12.1 Å². The van der Waals surface area contributed by atoms with Crippen molar-refractivity contribution in [1.82, 2.24) is 4.90 Å². The fraction of sp³-hybridized carbons (Fsp3) is 0.440. The Morgan fingerprint density at radius 1 is 1.16 bits per heavy atom. The number of hydrogen-bond donors (Lipinski definition) is 3. The van der Waals surface area contributed by atoms with E-state index < -0.39 is 32.2 Å². The number of hydrogen-bond acceptors (Lipinski definition) is 8. The van der Waals surface area contributed by atoms with E-state index in [4.69, 9.17) is 0 Å². The van der Waals surface area contributed by atoms with Gasteiger partial charge in [-0.3, -0.25) is 14.4 Å². The molecule has 0 spiro atoms. The summed E-state index contributed by atoms with van der Waals surface area (Å²) in [7, 11) is -7.95. The molecule has 0 aromatic heterocycles. The normalized spacial score (nSPS) is 31.8. The monoisotopic (exact) mass is 562 g/mol. The standard InChI is InChI=1S/C25H27FN4O6S2/c1-37(33,34)28-17-8-9-18-19(11-17)38(35,36)29-24(27-18)21-23(31)20-14-4-5-15(10-14)22(20)30(25(21)32)12-13-2-6-16(26)7-3-13/h2-3,6-9,11,14-15,20-22,25,28,32H,4-5,10,12H2,1H3,(H,27,29). The third-order valence-electron chi connectivity index (χ3n) is 8.15. The molecule has 2 aliphatic carbocycles. The maximum atomic E-state index is 13.9. The van der Waals surface area contributed by atoms with Crippen molar-refractivity contribution >= 4 is 43.0 Å². The molecule has 2 heterocycles. The zero-order chi connectivity index (χ0) is 27.0. The number of rotatable bonds is 5. The molecule has 2 saturated carbocycles. The highest BCUT2D eigenvalue weighted by Crippen LogP contribution is 2.55. The van der Waals surface area contributed by atoms with Crippen LogP contribution in [0.3, 0.4) is 0 Å². The minimum Gasteiger partial charge on any atom is -0.377 e. The number of amidine groups is 1. The topological polar surface area (TPSA) is 145 Å². The molecular weight excluding hydrogens is 535 g/mol. The number of carbonyl (C=O) groups is 1. The summed E-state index contributed by atoms with van der Waals surface area (Å²) in [4.78, 5) is 15.5. The number of carbonyl (C=O) groups excluding carboxylic acids is 1. The Kier molecular flexibility index (Phi) is 5.91. The van der Waals surface area contributed by atoms with Gasteiger partial charge in [0, 0.05) is 24.2 Å². The summed E-state index contributed by atoms with van der Waals surface area (Å²) in [5.41, 5.74) is 0.955. The molecule has 3 N–H and O–H groups in total. The molecule has 6 unspecified atom stereocenters. The van der Waals surface area contributed by atoms with Crippen molar-refractivity contribution in [2.45, 2.75) is 43.0 Å². The highest BCUT2D eigenvalue weighted by Gasteiger charge is 2.60. The van der Waals surface area contributed by atoms with Crippen molar-refractivity contribution in [2.75, 3.05) is 16.3 Å². The summed E-state index contributed by atoms with van der Waals surface area (Å²) in [6, 6.07) is 9.72. The smallest absolute Gasteiger partial charge is 0.286 e. The van der Waals surface area contributed by atoms with E-state index in [2.05, 4.69) is 14.4 Å². The fourth-order valence-corrected chi connectivity index (χ4v) is 8.47. The second kappa shape index (κ2) is 8.83. The van der Waals surface area contributed by atoms with Crippen molar-refractivity contribution in [1.29, 1.82) is 0 Å². The molecule has 2 aliphatic heterocycles. The zero-order valence-corrected chi connectivity index (χ0v) is 22.0. The van der Waals surface area contributed by atoms with Crippen LogP contribution in [0.15, 0.2) is 51.8 Å². The maximum Gasteiger partial charge on any atom is 0.286 e. The Bertz CT molecular complexity index is 1560. The molecule has 2 bridgehead atoms. The SMILES string of the molecule is CS(=O)(=O)Nc1ccc2c(c1)S(=O)(=O)N=C(C1C(=O)C3C4CCC(C4)C3N(Cc3ccc(F)cc3)C1O)N2. The van der Waals surface area contributed by atoms with Crippen LogP contribution < -0.4 is 10.0 Å². The van der Waals surface area contributed by atoms with Crippen LogP contribution in [0, 0.1) is 29.5 Å². The first-order valence-corrected chi connectivity index (χ1v) is 15.7. The maximum absolute atomic E-state index is 13.9. The molecule has 0 radical (unpaired) electrons. The molecule has 38 heavy (non-hydrogen) atoms. The van der Waals surface area contributed by atoms with E-state index in [-0.39, 0.29) is 64.0 Å². The minimum absolute atomic E-state index is 0.0550. The molecule has 202 valence electrons. The predicted molar refractivity (Wildman–Crippen MR) is 138 cm³/mol. The van der Waals surface area contributed by atoms with Gasteiger partial charge in [0.15, 0.2) is 5.78 Å². The number of fused-ring (bicyclic) bond motifs is 6. The first-order valence-electron chi connectivity index (χ1n) is 12.4. The summed E-state index contributed by atoms with van der Waals surface area (Å²) in [6.45, 7) is 0.271. The lowest BCUT2D eigenvalue weighted by atomic mass is 9.72. The van der Waals surface area contributed by atoms with Crippen LogP contribution in [0.25, 0.3) is 0 Å². The van der Waals surface area contributed by atoms with Gasteiger partial charge in [-0.05, 0) is 67.0 Å². The van der Waals surface area contributed by atoms with Gasteiger partial charge in [-0.15, -0.1) is 4.40 Å². The average Bonchev–Trinajstić information content (AvgIpc) is 3.45. The first kappa shape index (κ1) is 25.4. The van der Waals surface area contributed by atoms with Crippen LogP contribution in [-0.2, 0) is 31.4 Å². The Morgan fingerprint density at radius 3 is 2.58 bits per heavy atom. The van der Waals surface area contributed by atoms with Crippen LogP contribution >= 0.6 is 0 Å². The molecule has 6 rings (SSSR count). The Hall–Kier alpha value is -2.87. The molecule has 0 amide bonds. The lowest BCUT2D eigenvalue weighted by Gasteiger charge is -2.49. The van der Waals surface area contributed by atoms with Crippen LogP contribution in [-0.4, -0.2) is 57.0 Å². The summed E-state index contributed by atoms with van der Waals surface area (Å²) in [5.74, 6) is -1.96. The average molecular weight is 563 g/mol. The number of aliphatic hydroxyl groups is 1. The van der Waals surface area contributed by atoms with Crippen molar-refractivity contribution in [3.05, 3.63) is 53.8 Å². The Morgan fingerprint density at radius 2 is 1.87 bits per heavy atom. The van der Waals surface area contributed by atoms with Crippen LogP contribution in [0.1, 0.15) is 24.8 Å². The number of benzene rings is 2. The van der Waals surface area contributed by atoms with E-state index in [1.165, 1.54) is 24.3 Å². The third-order valence-corrected chi connectivity index (χ3v) is 10.1. The van der Waals surface area contributed by atoms with Gasteiger partial charge in [-0.25, -0.2) is 12.8 Å². The molecule has 6 atom stereocenters. The number of anilines is 2. The number of piperidine rings is 1. The number of ketones is 1. The van der Waals surface area contributed by atoms with E-state index in [0.29, 0.717) is 0 Å². The molecule has 1 saturated heterocycles. The molecule has 10 nitrogen and oxygen atoms in total. The van der Waals surface area contributed by atoms with E-state index in [1.54, 1.807) is 12.1 Å². The van der Waals surface area contributed by atoms with E-state index in [1.807, 2.05) is 4.90 Å². The summed E-state index contributed by atoms with van der Waals surface area (Å²) in [5, 5.41) is 14.5. The van der Waals surface area contributed by atoms with Crippen molar-refractivity contribution < 1.29 is 31.1 Å². The number of aliphatic hydroxyl groups excluding tert-OH is 1. The molecule has 2 aromatic rings. The summed E-state index contributed by atoms with van der Waals surface area (Å²) < 4.78 is 69.2. The van der Waals surface area contributed by atoms with Crippen molar-refractivity contribution in [3.63, 3.8) is 0 Å². The third kappa shape index (κ3) is 4.31. The van der Waals surface area contributed by atoms with Gasteiger partial charge in [0.2, 0.25) is 10.0 Å². The quantitative estimate of drug-likeness (QED) is 0.503. The van der Waals surface area contributed by atoms with Gasteiger partial charge < -0.3 is 10.4 Å². The van der Waals surface area contributed by atoms with Crippen LogP contribution in [0.5, 0.6) is 0 Å². The van der Waals surface area contributed by atoms with Gasteiger partial charge in [0.25, 0.3) is 10.0 Å². The predicted octanol–water partition coefficient (Wildman–Crippen LogP) is 2.14. The molecule has 13 heteroatoms. The number of nitrogens with one attached hydrogen (secondary N) is 2. The highest BCUT2D eigenvalue weighted by atomic mass is 32.2. The molecule has 2 aromatic carbocycles. The lowest BCUT2D eigenvalue weighted by molar-refractivity contribution is -0.156. The second-order valence-corrected chi connectivity index (χ2v) is 13.9. The molecular formula is C25H27FN4O6S2. The summed E-state index contributed by atoms with van der Waals surface area (Å²) in [6.07, 6.45) is 2.34. The van der Waals surface area contributed by atoms with Crippen LogP contribution in [0.2, 0.25) is 0 Å². The van der Waals surface area contributed by atoms with Gasteiger partial charge in [-0.2, -0.15) is 8.42 Å². The zero-order valence-electron chi connectivity index (χ0n) is 20.4. The van der Waals surface area contributed by atoms with Gasteiger partial charge >= 0.3 is 0 Å². The minimum atomic E-state index is -4.31. The number of likely N-dealkylation sites (tertiary alicyclic amines) is 1. The Balaban J connectivity index is 1.37. The number of nitrogens with zero attached hydrogens (tertiary/aromatic N) is 2. The largest absolute Gasteiger partial charge is 0.377 e. The number of sulfonamides is 2. The second-order valence-electron chi connectivity index (χ2n) is 10.6. The van der Waals surface area contributed by atoms with E-state index in [0.717, 1.165) is 37.1 Å². The van der Waals surface area contributed by atoms with Gasteiger partial charge in [0.05, 0.1) is 11.9 Å².